The van der Waals surface area contributed by atoms with Gasteiger partial charge in [0.1, 0.15) is 0 Å². The van der Waals surface area contributed by atoms with Crippen molar-refractivity contribution in [2.75, 3.05) is 5.73 Å². The molecule has 2 N–H and O–H groups in total. The number of nitrogen functional groups attached to an aromatic ring is 1. The van der Waals surface area contributed by atoms with E-state index in [1.54, 1.807) is 19.1 Å². The summed E-state index contributed by atoms with van der Waals surface area (Å²) in [5.74, 6) is 0. The lowest BCUT2D eigenvalue weighted by Crippen LogP contribution is -1.95. The fourth-order valence-corrected chi connectivity index (χ4v) is 1.04. The number of halogens is 1. The molecule has 0 amide bonds. The van der Waals surface area contributed by atoms with Gasteiger partial charge < -0.3 is 5.73 Å². The number of anilines is 1. The molecule has 1 rings (SSSR count). The summed E-state index contributed by atoms with van der Waals surface area (Å²) in [6, 6.07) is 3.30. The van der Waals surface area contributed by atoms with Crippen molar-refractivity contribution in [2.24, 2.45) is 0 Å². The average Bonchev–Trinajstić information content (AvgIpc) is 1.99. The van der Waals surface area contributed by atoms with E-state index in [9.17, 15) is 4.79 Å². The van der Waals surface area contributed by atoms with E-state index in [2.05, 4.69) is 0 Å². The number of rotatable bonds is 1. The highest BCUT2D eigenvalue weighted by molar-refractivity contribution is 6.31. The predicted octanol–water partition coefficient (Wildman–Crippen LogP) is 2.04. The van der Waals surface area contributed by atoms with Gasteiger partial charge in [-0.15, -0.1) is 0 Å². The minimum atomic E-state index is 0.474. The average molecular weight is 170 g/mol. The molecule has 0 unspecified atom stereocenters. The van der Waals surface area contributed by atoms with Crippen molar-refractivity contribution < 1.29 is 4.79 Å². The van der Waals surface area contributed by atoms with Gasteiger partial charge in [-0.2, -0.15) is 0 Å². The Bertz CT molecular complexity index is 296. The van der Waals surface area contributed by atoms with Crippen molar-refractivity contribution in [1.29, 1.82) is 0 Å². The van der Waals surface area contributed by atoms with E-state index in [-0.39, 0.29) is 0 Å². The van der Waals surface area contributed by atoms with Crippen LogP contribution in [0, 0.1) is 6.92 Å². The second-order valence-corrected chi connectivity index (χ2v) is 2.70. The molecule has 1 aromatic carbocycles. The molecule has 11 heavy (non-hydrogen) atoms. The first-order chi connectivity index (χ1) is 5.16. The largest absolute Gasteiger partial charge is 0.398 e. The summed E-state index contributed by atoms with van der Waals surface area (Å²) in [5.41, 5.74) is 7.21. The molecule has 0 heterocycles. The van der Waals surface area contributed by atoms with E-state index in [0.29, 0.717) is 16.3 Å². The van der Waals surface area contributed by atoms with Crippen LogP contribution in [0.3, 0.4) is 0 Å². The molecule has 0 spiro atoms. The molecule has 2 nitrogen and oxygen atoms in total. The predicted molar refractivity (Wildman–Crippen MR) is 46.0 cm³/mol. The Morgan fingerprint density at radius 3 is 2.64 bits per heavy atom. The zero-order valence-corrected chi connectivity index (χ0v) is 6.85. The van der Waals surface area contributed by atoms with Crippen LogP contribution in [0.4, 0.5) is 5.69 Å². The Morgan fingerprint density at radius 2 is 2.18 bits per heavy atom. The molecule has 3 heteroatoms. The van der Waals surface area contributed by atoms with Crippen LogP contribution in [-0.2, 0) is 0 Å². The molecule has 0 aliphatic heterocycles. The molecule has 0 saturated heterocycles. The first kappa shape index (κ1) is 8.08. The van der Waals surface area contributed by atoms with Crippen molar-refractivity contribution in [3.63, 3.8) is 0 Å². The second-order valence-electron chi connectivity index (χ2n) is 2.29. The van der Waals surface area contributed by atoms with E-state index in [1.165, 1.54) is 0 Å². The van der Waals surface area contributed by atoms with Gasteiger partial charge in [-0.3, -0.25) is 4.79 Å². The van der Waals surface area contributed by atoms with Crippen LogP contribution in [0.25, 0.3) is 0 Å². The highest BCUT2D eigenvalue weighted by Crippen LogP contribution is 2.22. The van der Waals surface area contributed by atoms with Crippen LogP contribution in [0.5, 0.6) is 0 Å². The molecule has 0 aliphatic carbocycles. The van der Waals surface area contributed by atoms with Crippen LogP contribution >= 0.6 is 11.6 Å². The van der Waals surface area contributed by atoms with Gasteiger partial charge in [0, 0.05) is 16.3 Å². The molecule has 0 saturated carbocycles. The Balaban J connectivity index is 3.40. The smallest absolute Gasteiger partial charge is 0.152 e. The topological polar surface area (TPSA) is 43.1 Å². The molecule has 0 bridgehead atoms. The number of carbonyl (C=O) groups excluding carboxylic acids is 1. The van der Waals surface area contributed by atoms with Crippen molar-refractivity contribution in [2.45, 2.75) is 6.92 Å². The molecule has 58 valence electrons. The third kappa shape index (κ3) is 1.35. The number of hydrogen-bond donors (Lipinski definition) is 1. The summed E-state index contributed by atoms with van der Waals surface area (Å²) in [5, 5.41) is 0.571. The Morgan fingerprint density at radius 1 is 1.55 bits per heavy atom. The quantitative estimate of drug-likeness (QED) is 0.517. The van der Waals surface area contributed by atoms with E-state index in [1.807, 2.05) is 0 Å². The van der Waals surface area contributed by atoms with Crippen LogP contribution in [0.1, 0.15) is 15.9 Å². The van der Waals surface area contributed by atoms with E-state index >= 15 is 0 Å². The molecule has 1 aromatic rings. The second kappa shape index (κ2) is 2.93. The van der Waals surface area contributed by atoms with E-state index in [0.717, 1.165) is 11.8 Å². The number of nitrogens with two attached hydrogens (primary N) is 1. The van der Waals surface area contributed by atoms with Crippen LogP contribution in [0.15, 0.2) is 12.1 Å². The number of carbonyl (C=O) groups is 1. The number of benzene rings is 1. The summed E-state index contributed by atoms with van der Waals surface area (Å²) >= 11 is 5.75. The standard InChI is InChI=1S/C8H8ClNO/c1-5-6(4-11)8(10)3-2-7(5)9/h2-4H,10H2,1H3. The van der Waals surface area contributed by atoms with Gasteiger partial charge in [0.2, 0.25) is 0 Å². The van der Waals surface area contributed by atoms with Crippen LogP contribution in [0.2, 0.25) is 5.02 Å². The molecular formula is C8H8ClNO. The lowest BCUT2D eigenvalue weighted by atomic mass is 10.1. The maximum absolute atomic E-state index is 10.5. The van der Waals surface area contributed by atoms with Crippen LogP contribution < -0.4 is 5.73 Å². The van der Waals surface area contributed by atoms with E-state index in [4.69, 9.17) is 17.3 Å². The third-order valence-corrected chi connectivity index (χ3v) is 2.01. The Hall–Kier alpha value is -1.02. The summed E-state index contributed by atoms with van der Waals surface area (Å²) in [4.78, 5) is 10.5. The maximum atomic E-state index is 10.5. The summed E-state index contributed by atoms with van der Waals surface area (Å²) in [7, 11) is 0. The van der Waals surface area contributed by atoms with Crippen molar-refractivity contribution >= 4 is 23.6 Å². The van der Waals surface area contributed by atoms with Gasteiger partial charge in [-0.1, -0.05) is 11.6 Å². The zero-order chi connectivity index (χ0) is 8.43. The van der Waals surface area contributed by atoms with Gasteiger partial charge in [-0.25, -0.2) is 0 Å². The minimum Gasteiger partial charge on any atom is -0.398 e. The lowest BCUT2D eigenvalue weighted by molar-refractivity contribution is 0.112. The summed E-state index contributed by atoms with van der Waals surface area (Å²) in [6.45, 7) is 1.77. The first-order valence-corrected chi connectivity index (χ1v) is 3.54. The van der Waals surface area contributed by atoms with Gasteiger partial charge in [0.15, 0.2) is 6.29 Å². The highest BCUT2D eigenvalue weighted by atomic mass is 35.5. The third-order valence-electron chi connectivity index (χ3n) is 1.60. The van der Waals surface area contributed by atoms with Crippen molar-refractivity contribution in [3.05, 3.63) is 28.3 Å². The number of aldehydes is 1. The van der Waals surface area contributed by atoms with Crippen molar-refractivity contribution in [3.8, 4) is 0 Å². The molecule has 0 fully saturated rings. The molecule has 0 atom stereocenters. The van der Waals surface area contributed by atoms with Gasteiger partial charge in [0.05, 0.1) is 0 Å². The molecule has 0 aromatic heterocycles. The highest BCUT2D eigenvalue weighted by Gasteiger charge is 2.04. The molecule has 0 radical (unpaired) electrons. The Kier molecular flexibility index (Phi) is 2.15. The lowest BCUT2D eigenvalue weighted by Gasteiger charge is -2.03. The monoisotopic (exact) mass is 169 g/mol. The fourth-order valence-electron chi connectivity index (χ4n) is 0.879. The Labute approximate surface area is 70.0 Å². The normalized spacial score (nSPS) is 9.64. The van der Waals surface area contributed by atoms with Crippen molar-refractivity contribution in [1.82, 2.24) is 0 Å². The van der Waals surface area contributed by atoms with Gasteiger partial charge >= 0.3 is 0 Å². The maximum Gasteiger partial charge on any atom is 0.152 e. The number of hydrogen-bond acceptors (Lipinski definition) is 2. The molecule has 0 aliphatic rings. The van der Waals surface area contributed by atoms with Crippen LogP contribution in [-0.4, -0.2) is 6.29 Å². The summed E-state index contributed by atoms with van der Waals surface area (Å²) in [6.07, 6.45) is 0.719. The van der Waals surface area contributed by atoms with Gasteiger partial charge in [0.25, 0.3) is 0 Å². The van der Waals surface area contributed by atoms with E-state index < -0.39 is 0 Å². The van der Waals surface area contributed by atoms with Gasteiger partial charge in [-0.05, 0) is 24.6 Å². The molecular weight excluding hydrogens is 162 g/mol. The SMILES string of the molecule is Cc1c(Cl)ccc(N)c1C=O. The summed E-state index contributed by atoms with van der Waals surface area (Å²) < 4.78 is 0. The fraction of sp³-hybridized carbons (Fsp3) is 0.125. The minimum absolute atomic E-state index is 0.474. The first-order valence-electron chi connectivity index (χ1n) is 3.16. The zero-order valence-electron chi connectivity index (χ0n) is 6.10.